The molecule has 2 aromatic carbocycles. The van der Waals surface area contributed by atoms with E-state index in [4.69, 9.17) is 34.8 Å². The van der Waals surface area contributed by atoms with Crippen molar-refractivity contribution in [3.8, 4) is 0 Å². The Morgan fingerprint density at radius 3 is 2.36 bits per heavy atom. The Bertz CT molecular complexity index is 916. The van der Waals surface area contributed by atoms with Crippen molar-refractivity contribution >= 4 is 56.5 Å². The predicted molar refractivity (Wildman–Crippen MR) is 99.2 cm³/mol. The average Bonchev–Trinajstić information content (AvgIpc) is 2.57. The minimum Gasteiger partial charge on any atom is -0.468 e. The molecule has 25 heavy (non-hydrogen) atoms. The van der Waals surface area contributed by atoms with E-state index in [0.717, 1.165) is 4.31 Å². The molecule has 0 aliphatic rings. The van der Waals surface area contributed by atoms with Crippen molar-refractivity contribution in [2.75, 3.05) is 18.0 Å². The SMILES string of the molecule is COC(=O)CN(c1cccc(Cl)c1C)S(=O)(=O)c1ccc(Cl)c(Cl)c1. The lowest BCUT2D eigenvalue weighted by atomic mass is 10.2. The summed E-state index contributed by atoms with van der Waals surface area (Å²) < 4.78 is 31.7. The largest absolute Gasteiger partial charge is 0.468 e. The van der Waals surface area contributed by atoms with Gasteiger partial charge in [-0.25, -0.2) is 8.42 Å². The lowest BCUT2D eigenvalue weighted by molar-refractivity contribution is -0.138. The lowest BCUT2D eigenvalue weighted by Gasteiger charge is -2.25. The summed E-state index contributed by atoms with van der Waals surface area (Å²) in [6.07, 6.45) is 0. The first-order valence-electron chi connectivity index (χ1n) is 6.98. The number of esters is 1. The Labute approximate surface area is 161 Å². The molecule has 0 unspecified atom stereocenters. The summed E-state index contributed by atoms with van der Waals surface area (Å²) in [5.41, 5.74) is 0.778. The van der Waals surface area contributed by atoms with Gasteiger partial charge in [-0.3, -0.25) is 9.10 Å². The fraction of sp³-hybridized carbons (Fsp3) is 0.188. The van der Waals surface area contributed by atoms with Crippen LogP contribution in [0.25, 0.3) is 0 Å². The molecule has 0 bridgehead atoms. The number of halogens is 3. The average molecular weight is 423 g/mol. The monoisotopic (exact) mass is 421 g/mol. The molecule has 2 aromatic rings. The number of rotatable bonds is 5. The van der Waals surface area contributed by atoms with Crippen LogP contribution in [0.2, 0.25) is 15.1 Å². The molecule has 0 aliphatic heterocycles. The molecular formula is C16H14Cl3NO4S. The van der Waals surface area contributed by atoms with Crippen molar-refractivity contribution in [2.24, 2.45) is 0 Å². The van der Waals surface area contributed by atoms with Crippen LogP contribution >= 0.6 is 34.8 Å². The van der Waals surface area contributed by atoms with Gasteiger partial charge in [-0.2, -0.15) is 0 Å². The lowest BCUT2D eigenvalue weighted by Crippen LogP contribution is -2.36. The highest BCUT2D eigenvalue weighted by molar-refractivity contribution is 7.92. The number of anilines is 1. The van der Waals surface area contributed by atoms with Crippen molar-refractivity contribution in [3.63, 3.8) is 0 Å². The first-order chi connectivity index (χ1) is 11.7. The van der Waals surface area contributed by atoms with Crippen molar-refractivity contribution in [1.29, 1.82) is 0 Å². The summed E-state index contributed by atoms with van der Waals surface area (Å²) in [7, 11) is -2.93. The molecule has 0 saturated heterocycles. The Kier molecular flexibility index (Phi) is 6.21. The van der Waals surface area contributed by atoms with Gasteiger partial charge in [-0.15, -0.1) is 0 Å². The molecule has 0 heterocycles. The molecule has 5 nitrogen and oxygen atoms in total. The molecule has 0 spiro atoms. The Hall–Kier alpha value is -1.47. The summed E-state index contributed by atoms with van der Waals surface area (Å²) in [5, 5.41) is 0.680. The second-order valence-electron chi connectivity index (χ2n) is 5.05. The smallest absolute Gasteiger partial charge is 0.326 e. The van der Waals surface area contributed by atoms with Crippen molar-refractivity contribution in [3.05, 3.63) is 57.0 Å². The summed E-state index contributed by atoms with van der Waals surface area (Å²) >= 11 is 17.9. The zero-order valence-electron chi connectivity index (χ0n) is 13.3. The van der Waals surface area contributed by atoms with Crippen LogP contribution in [0.1, 0.15) is 5.56 Å². The highest BCUT2D eigenvalue weighted by Crippen LogP contribution is 2.32. The number of carbonyl (C=O) groups excluding carboxylic acids is 1. The van der Waals surface area contributed by atoms with Crippen LogP contribution in [0, 0.1) is 6.92 Å². The Balaban J connectivity index is 2.63. The van der Waals surface area contributed by atoms with Crippen LogP contribution in [0.4, 0.5) is 5.69 Å². The number of methoxy groups -OCH3 is 1. The van der Waals surface area contributed by atoms with E-state index >= 15 is 0 Å². The zero-order valence-corrected chi connectivity index (χ0v) is 16.4. The number of carbonyl (C=O) groups is 1. The first kappa shape index (κ1) is 19.8. The highest BCUT2D eigenvalue weighted by Gasteiger charge is 2.29. The standard InChI is InChI=1S/C16H14Cl3NO4S/c1-10-12(17)4-3-5-15(10)20(9-16(21)24-2)25(22,23)11-6-7-13(18)14(19)8-11/h3-8H,9H2,1-2H3. The number of nitrogens with zero attached hydrogens (tertiary/aromatic N) is 1. The van der Waals surface area contributed by atoms with Gasteiger partial charge in [0, 0.05) is 5.02 Å². The Morgan fingerprint density at radius 2 is 1.76 bits per heavy atom. The van der Waals surface area contributed by atoms with Gasteiger partial charge < -0.3 is 4.74 Å². The summed E-state index contributed by atoms with van der Waals surface area (Å²) in [6, 6.07) is 8.69. The van der Waals surface area contributed by atoms with Crippen molar-refractivity contribution in [1.82, 2.24) is 0 Å². The number of hydrogen-bond donors (Lipinski definition) is 0. The molecule has 0 atom stereocenters. The maximum atomic E-state index is 13.1. The minimum atomic E-state index is -4.11. The van der Waals surface area contributed by atoms with E-state index in [-0.39, 0.29) is 20.6 Å². The molecule has 9 heteroatoms. The van der Waals surface area contributed by atoms with Crippen LogP contribution in [-0.4, -0.2) is 28.0 Å². The summed E-state index contributed by atoms with van der Waals surface area (Å²) in [4.78, 5) is 11.7. The summed E-state index contributed by atoms with van der Waals surface area (Å²) in [5.74, 6) is -0.719. The molecule has 0 fully saturated rings. The third kappa shape index (κ3) is 4.20. The van der Waals surface area contributed by atoms with Gasteiger partial charge in [0.25, 0.3) is 10.0 Å². The number of hydrogen-bond acceptors (Lipinski definition) is 4. The zero-order chi connectivity index (χ0) is 18.8. The van der Waals surface area contributed by atoms with Crippen LogP contribution in [0.3, 0.4) is 0 Å². The molecule has 0 N–H and O–H groups in total. The molecule has 0 radical (unpaired) electrons. The van der Waals surface area contributed by atoms with E-state index < -0.39 is 22.5 Å². The van der Waals surface area contributed by atoms with Crippen LogP contribution < -0.4 is 4.31 Å². The second kappa shape index (κ2) is 7.83. The fourth-order valence-electron chi connectivity index (χ4n) is 2.11. The maximum absolute atomic E-state index is 13.1. The maximum Gasteiger partial charge on any atom is 0.326 e. The molecular weight excluding hydrogens is 409 g/mol. The van der Waals surface area contributed by atoms with Gasteiger partial charge in [0.15, 0.2) is 0 Å². The van der Waals surface area contributed by atoms with E-state index in [2.05, 4.69) is 4.74 Å². The van der Waals surface area contributed by atoms with E-state index in [1.54, 1.807) is 25.1 Å². The number of ether oxygens (including phenoxy) is 1. The number of sulfonamides is 1. The van der Waals surface area contributed by atoms with Crippen LogP contribution in [0.15, 0.2) is 41.3 Å². The third-order valence-corrected chi connectivity index (χ3v) is 6.39. The van der Waals surface area contributed by atoms with Gasteiger partial charge in [0.2, 0.25) is 0 Å². The van der Waals surface area contributed by atoms with Gasteiger partial charge in [0.05, 0.1) is 27.7 Å². The van der Waals surface area contributed by atoms with E-state index in [0.29, 0.717) is 10.6 Å². The molecule has 2 rings (SSSR count). The Morgan fingerprint density at radius 1 is 1.08 bits per heavy atom. The van der Waals surface area contributed by atoms with E-state index in [9.17, 15) is 13.2 Å². The quantitative estimate of drug-likeness (QED) is 0.673. The fourth-order valence-corrected chi connectivity index (χ4v) is 4.14. The van der Waals surface area contributed by atoms with Gasteiger partial charge >= 0.3 is 5.97 Å². The van der Waals surface area contributed by atoms with E-state index in [1.165, 1.54) is 25.3 Å². The van der Waals surface area contributed by atoms with Crippen LogP contribution in [-0.2, 0) is 19.6 Å². The third-order valence-electron chi connectivity index (χ3n) is 3.49. The van der Waals surface area contributed by atoms with Crippen molar-refractivity contribution < 1.29 is 17.9 Å². The second-order valence-corrected chi connectivity index (χ2v) is 8.13. The molecule has 0 amide bonds. The highest BCUT2D eigenvalue weighted by atomic mass is 35.5. The van der Waals surface area contributed by atoms with Crippen LogP contribution in [0.5, 0.6) is 0 Å². The number of benzene rings is 2. The van der Waals surface area contributed by atoms with E-state index in [1.807, 2.05) is 0 Å². The summed E-state index contributed by atoms with van der Waals surface area (Å²) in [6.45, 7) is 1.15. The van der Waals surface area contributed by atoms with Gasteiger partial charge in [-0.05, 0) is 42.8 Å². The molecule has 0 saturated carbocycles. The van der Waals surface area contributed by atoms with Crippen molar-refractivity contribution in [2.45, 2.75) is 11.8 Å². The minimum absolute atomic E-state index is 0.0866. The topological polar surface area (TPSA) is 63.7 Å². The van der Waals surface area contributed by atoms with Gasteiger partial charge in [-0.1, -0.05) is 40.9 Å². The normalized spacial score (nSPS) is 11.2. The first-order valence-corrected chi connectivity index (χ1v) is 9.55. The van der Waals surface area contributed by atoms with Gasteiger partial charge in [0.1, 0.15) is 6.54 Å². The molecule has 134 valence electrons. The molecule has 0 aromatic heterocycles. The predicted octanol–water partition coefficient (Wildman–Crippen LogP) is 4.32. The molecule has 0 aliphatic carbocycles.